The minimum Gasteiger partial charge on any atom is -0.497 e. The molecule has 1 aromatic heterocycles. The fourth-order valence-electron chi connectivity index (χ4n) is 4.41. The van der Waals surface area contributed by atoms with Gasteiger partial charge in [-0.2, -0.15) is 5.10 Å². The number of ether oxygens (including phenoxy) is 2. The highest BCUT2D eigenvalue weighted by atomic mass is 16.5. The molecule has 0 aliphatic heterocycles. The van der Waals surface area contributed by atoms with Crippen LogP contribution in [0.2, 0.25) is 0 Å². The summed E-state index contributed by atoms with van der Waals surface area (Å²) in [5.74, 6) is 3.27. The number of rotatable bonds is 9. The molecule has 0 atom stereocenters. The second kappa shape index (κ2) is 11.6. The van der Waals surface area contributed by atoms with E-state index < -0.39 is 0 Å². The third kappa shape index (κ3) is 5.52. The first-order valence-electron chi connectivity index (χ1n) is 12.9. The number of hydrazone groups is 1. The summed E-state index contributed by atoms with van der Waals surface area (Å²) in [7, 11) is 3.32. The normalized spacial score (nSPS) is 11.5. The summed E-state index contributed by atoms with van der Waals surface area (Å²) in [4.78, 5) is 0. The van der Waals surface area contributed by atoms with Crippen molar-refractivity contribution in [2.45, 2.75) is 19.9 Å². The van der Waals surface area contributed by atoms with Crippen molar-refractivity contribution < 1.29 is 14.0 Å². The van der Waals surface area contributed by atoms with Crippen LogP contribution in [0.3, 0.4) is 0 Å². The van der Waals surface area contributed by atoms with E-state index in [-0.39, 0.29) is 6.04 Å². The van der Waals surface area contributed by atoms with Crippen molar-refractivity contribution >= 4 is 11.4 Å². The van der Waals surface area contributed by atoms with Crippen molar-refractivity contribution in [3.05, 3.63) is 121 Å². The summed E-state index contributed by atoms with van der Waals surface area (Å²) in [6, 6.07) is 36.1. The molecule has 0 radical (unpaired) electrons. The average molecular weight is 519 g/mol. The molecular formula is C32H32N5O2+. The summed E-state index contributed by atoms with van der Waals surface area (Å²) < 4.78 is 14.9. The summed E-state index contributed by atoms with van der Waals surface area (Å²) in [6.07, 6.45) is 0. The Morgan fingerprint density at radius 1 is 0.769 bits per heavy atom. The zero-order chi connectivity index (χ0) is 27.2. The Balaban J connectivity index is 1.76. The molecule has 7 heteroatoms. The highest BCUT2D eigenvalue weighted by Gasteiger charge is 2.34. The predicted molar refractivity (Wildman–Crippen MR) is 155 cm³/mol. The van der Waals surface area contributed by atoms with Crippen molar-refractivity contribution in [1.82, 2.24) is 9.78 Å². The van der Waals surface area contributed by atoms with E-state index >= 15 is 0 Å². The SMILES string of the molecule is COc1ccc(N/N=C(\c2ccccc2)c2n(-c3ccc(OC)cc3)nc(-c3ccccc3)[n+]2C(C)C)cc1. The van der Waals surface area contributed by atoms with Crippen LogP contribution in [0.25, 0.3) is 17.1 Å². The lowest BCUT2D eigenvalue weighted by Crippen LogP contribution is -2.44. The first kappa shape index (κ1) is 25.7. The highest BCUT2D eigenvalue weighted by molar-refractivity contribution is 6.10. The maximum Gasteiger partial charge on any atom is 0.310 e. The summed E-state index contributed by atoms with van der Waals surface area (Å²) >= 11 is 0. The first-order chi connectivity index (χ1) is 19.1. The largest absolute Gasteiger partial charge is 0.497 e. The molecule has 0 unspecified atom stereocenters. The van der Waals surface area contributed by atoms with Crippen LogP contribution in [-0.4, -0.2) is 29.7 Å². The van der Waals surface area contributed by atoms with Gasteiger partial charge in [-0.25, -0.2) is 4.57 Å². The summed E-state index contributed by atoms with van der Waals surface area (Å²) in [5, 5.41) is 10.1. The van der Waals surface area contributed by atoms with Crippen LogP contribution >= 0.6 is 0 Å². The van der Waals surface area contributed by atoms with Crippen LogP contribution in [0.15, 0.2) is 114 Å². The first-order valence-corrected chi connectivity index (χ1v) is 12.9. The fraction of sp³-hybridized carbons (Fsp3) is 0.156. The van der Waals surface area contributed by atoms with Gasteiger partial charge in [-0.15, -0.1) is 0 Å². The molecule has 0 bridgehead atoms. The number of methoxy groups -OCH3 is 2. The molecule has 5 aromatic rings. The predicted octanol–water partition coefficient (Wildman–Crippen LogP) is 6.29. The third-order valence-corrected chi connectivity index (χ3v) is 6.36. The lowest BCUT2D eigenvalue weighted by atomic mass is 10.1. The minimum atomic E-state index is 0.0945. The fourth-order valence-corrected chi connectivity index (χ4v) is 4.41. The van der Waals surface area contributed by atoms with E-state index in [1.54, 1.807) is 14.2 Å². The molecule has 1 N–H and O–H groups in total. The number of hydrogen-bond donors (Lipinski definition) is 1. The number of benzene rings is 4. The van der Waals surface area contributed by atoms with E-state index in [4.69, 9.17) is 19.7 Å². The molecule has 5 rings (SSSR count). The molecule has 0 aliphatic rings. The van der Waals surface area contributed by atoms with Gasteiger partial charge in [-0.1, -0.05) is 53.2 Å². The van der Waals surface area contributed by atoms with Gasteiger partial charge in [-0.3, -0.25) is 5.43 Å². The Labute approximate surface area is 229 Å². The molecule has 196 valence electrons. The topological polar surface area (TPSA) is 64.5 Å². The van der Waals surface area contributed by atoms with Gasteiger partial charge in [0.1, 0.15) is 17.2 Å². The van der Waals surface area contributed by atoms with Crippen LogP contribution in [0.5, 0.6) is 11.5 Å². The van der Waals surface area contributed by atoms with Crippen LogP contribution in [0.4, 0.5) is 5.69 Å². The van der Waals surface area contributed by atoms with Gasteiger partial charge >= 0.3 is 5.82 Å². The van der Waals surface area contributed by atoms with E-state index in [1.807, 2.05) is 89.6 Å². The van der Waals surface area contributed by atoms with E-state index in [1.165, 1.54) is 0 Å². The van der Waals surface area contributed by atoms with Crippen molar-refractivity contribution in [3.8, 4) is 28.6 Å². The van der Waals surface area contributed by atoms with E-state index in [9.17, 15) is 0 Å². The highest BCUT2D eigenvalue weighted by Crippen LogP contribution is 2.24. The zero-order valence-electron chi connectivity index (χ0n) is 22.6. The molecule has 0 amide bonds. The Morgan fingerprint density at radius 3 is 1.90 bits per heavy atom. The molecule has 0 aliphatic carbocycles. The molecule has 39 heavy (non-hydrogen) atoms. The van der Waals surface area contributed by atoms with Crippen molar-refractivity contribution in [3.63, 3.8) is 0 Å². The van der Waals surface area contributed by atoms with Gasteiger partial charge in [0.2, 0.25) is 0 Å². The zero-order valence-corrected chi connectivity index (χ0v) is 22.6. The van der Waals surface area contributed by atoms with Gasteiger partial charge < -0.3 is 9.47 Å². The van der Waals surface area contributed by atoms with E-state index in [0.29, 0.717) is 0 Å². The Bertz CT molecular complexity index is 1540. The lowest BCUT2D eigenvalue weighted by molar-refractivity contribution is -0.707. The second-order valence-corrected chi connectivity index (χ2v) is 9.25. The van der Waals surface area contributed by atoms with Crippen molar-refractivity contribution in [1.29, 1.82) is 0 Å². The maximum absolute atomic E-state index is 5.42. The smallest absolute Gasteiger partial charge is 0.310 e. The Morgan fingerprint density at radius 2 is 1.33 bits per heavy atom. The number of nitrogens with one attached hydrogen (secondary N) is 1. The summed E-state index contributed by atoms with van der Waals surface area (Å²) in [5.41, 5.74) is 7.75. The number of hydrogen-bond acceptors (Lipinski definition) is 5. The minimum absolute atomic E-state index is 0.0945. The van der Waals surface area contributed by atoms with Crippen molar-refractivity contribution in [2.24, 2.45) is 5.10 Å². The van der Waals surface area contributed by atoms with Gasteiger partial charge in [-0.05, 0) is 74.5 Å². The Hall–Kier alpha value is -4.91. The standard InChI is InChI=1S/C32H31N5O2/c1-23(2)36-31(25-13-9-6-10-14-25)35-37(27-17-21-29(39-4)22-18-27)32(36)30(24-11-7-5-8-12-24)34-33-26-15-19-28(38-3)20-16-26/h5-23H,1-4H3/p+1. The second-order valence-electron chi connectivity index (χ2n) is 9.25. The Kier molecular flexibility index (Phi) is 7.68. The van der Waals surface area contributed by atoms with Crippen LogP contribution in [0.1, 0.15) is 31.3 Å². The van der Waals surface area contributed by atoms with Crippen LogP contribution in [0, 0.1) is 0 Å². The average Bonchev–Trinajstić information content (AvgIpc) is 3.39. The molecule has 1 heterocycles. The van der Waals surface area contributed by atoms with Gasteiger partial charge in [0.05, 0.1) is 36.6 Å². The molecule has 0 saturated heterocycles. The summed E-state index contributed by atoms with van der Waals surface area (Å²) in [6.45, 7) is 4.32. The van der Waals surface area contributed by atoms with Crippen LogP contribution in [-0.2, 0) is 0 Å². The molecule has 0 saturated carbocycles. The molecule has 4 aromatic carbocycles. The van der Waals surface area contributed by atoms with Gasteiger partial charge in [0.15, 0.2) is 5.71 Å². The van der Waals surface area contributed by atoms with Crippen molar-refractivity contribution in [2.75, 3.05) is 19.6 Å². The van der Waals surface area contributed by atoms with Gasteiger partial charge in [0.25, 0.3) is 5.82 Å². The quantitative estimate of drug-likeness (QED) is 0.142. The number of aromatic nitrogens is 3. The molecule has 0 spiro atoms. The lowest BCUT2D eigenvalue weighted by Gasteiger charge is -2.12. The third-order valence-electron chi connectivity index (χ3n) is 6.36. The number of anilines is 1. The molecular weight excluding hydrogens is 486 g/mol. The van der Waals surface area contributed by atoms with E-state index in [0.717, 1.165) is 51.4 Å². The number of nitrogens with zero attached hydrogens (tertiary/aromatic N) is 4. The molecule has 7 nitrogen and oxygen atoms in total. The monoisotopic (exact) mass is 518 g/mol. The maximum atomic E-state index is 5.42. The van der Waals surface area contributed by atoms with Crippen LogP contribution < -0.4 is 19.5 Å². The van der Waals surface area contributed by atoms with Gasteiger partial charge in [0, 0.05) is 5.56 Å². The van der Waals surface area contributed by atoms with E-state index in [2.05, 4.69) is 48.1 Å². The molecule has 0 fully saturated rings.